The molecule has 8 nitrogen and oxygen atoms in total. The molecule has 1 atom stereocenters. The Morgan fingerprint density at radius 3 is 2.52 bits per heavy atom. The van der Waals surface area contributed by atoms with Crippen LogP contribution in [0.5, 0.6) is 17.2 Å². The number of benzene rings is 2. The second-order valence-electron chi connectivity index (χ2n) is 6.64. The fraction of sp³-hybridized carbons (Fsp3) is 0.286. The van der Waals surface area contributed by atoms with Crippen molar-refractivity contribution < 1.29 is 23.8 Å². The number of hydrogen-bond acceptors (Lipinski definition) is 6. The first-order chi connectivity index (χ1) is 13.9. The van der Waals surface area contributed by atoms with Crippen LogP contribution < -0.4 is 19.6 Å². The Morgan fingerprint density at radius 1 is 1.14 bits per heavy atom. The van der Waals surface area contributed by atoms with Crippen molar-refractivity contribution in [2.75, 3.05) is 27.3 Å². The summed E-state index contributed by atoms with van der Waals surface area (Å²) in [6.45, 7) is 1.87. The van der Waals surface area contributed by atoms with Crippen LogP contribution in [0, 0.1) is 0 Å². The summed E-state index contributed by atoms with van der Waals surface area (Å²) < 4.78 is 16.6. The van der Waals surface area contributed by atoms with Gasteiger partial charge >= 0.3 is 0 Å². The van der Waals surface area contributed by atoms with E-state index in [1.807, 2.05) is 12.1 Å². The monoisotopic (exact) mass is 397 g/mol. The van der Waals surface area contributed by atoms with Crippen molar-refractivity contribution in [1.29, 1.82) is 0 Å². The van der Waals surface area contributed by atoms with E-state index < -0.39 is 6.10 Å². The van der Waals surface area contributed by atoms with E-state index in [0.29, 0.717) is 23.0 Å². The lowest BCUT2D eigenvalue weighted by atomic mass is 10.1. The summed E-state index contributed by atoms with van der Waals surface area (Å²) in [4.78, 5) is 25.3. The molecule has 0 radical (unpaired) electrons. The average Bonchev–Trinajstić information content (AvgIpc) is 2.75. The molecule has 1 aliphatic heterocycles. The minimum absolute atomic E-state index is 0.0257. The number of carbonyl (C=O) groups is 2. The third-order valence-corrected chi connectivity index (χ3v) is 4.27. The largest absolute Gasteiger partial charge is 0.485 e. The van der Waals surface area contributed by atoms with Gasteiger partial charge in [-0.25, -0.2) is 5.43 Å². The summed E-state index contributed by atoms with van der Waals surface area (Å²) >= 11 is 0. The molecule has 8 heteroatoms. The zero-order valence-corrected chi connectivity index (χ0v) is 16.5. The highest BCUT2D eigenvalue weighted by Crippen LogP contribution is 2.30. The van der Waals surface area contributed by atoms with Gasteiger partial charge in [-0.3, -0.25) is 9.59 Å². The molecule has 0 aromatic heterocycles. The molecule has 3 rings (SSSR count). The van der Waals surface area contributed by atoms with Crippen LogP contribution in [-0.2, 0) is 9.59 Å². The number of fused-ring (bicyclic) bond motifs is 1. The highest BCUT2D eigenvalue weighted by Gasteiger charge is 2.27. The fourth-order valence-electron chi connectivity index (χ4n) is 2.49. The highest BCUT2D eigenvalue weighted by atomic mass is 16.6. The van der Waals surface area contributed by atoms with Crippen molar-refractivity contribution in [3.05, 3.63) is 54.1 Å². The topological polar surface area (TPSA) is 89.5 Å². The van der Waals surface area contributed by atoms with Gasteiger partial charge in [-0.2, -0.15) is 5.10 Å². The van der Waals surface area contributed by atoms with Crippen molar-refractivity contribution in [3.63, 3.8) is 0 Å². The Bertz CT molecular complexity index is 909. The molecule has 1 N–H and O–H groups in total. The SMILES string of the molecule is C/C(=N\NC(=O)C1COc2ccccc2O1)c1ccc(OCC(=O)N(C)C)cc1. The van der Waals surface area contributed by atoms with Crippen LogP contribution in [0.3, 0.4) is 0 Å². The van der Waals surface area contributed by atoms with Crippen LogP contribution >= 0.6 is 0 Å². The smallest absolute Gasteiger partial charge is 0.284 e. The number of hydrogen-bond donors (Lipinski definition) is 1. The number of para-hydroxylation sites is 2. The average molecular weight is 397 g/mol. The Labute approximate surface area is 169 Å². The van der Waals surface area contributed by atoms with Crippen molar-refractivity contribution in [2.24, 2.45) is 5.10 Å². The predicted molar refractivity (Wildman–Crippen MR) is 107 cm³/mol. The van der Waals surface area contributed by atoms with Crippen LogP contribution in [0.2, 0.25) is 0 Å². The van der Waals surface area contributed by atoms with Gasteiger partial charge in [-0.1, -0.05) is 12.1 Å². The van der Waals surface area contributed by atoms with Crippen molar-refractivity contribution in [3.8, 4) is 17.2 Å². The minimum Gasteiger partial charge on any atom is -0.485 e. The number of carbonyl (C=O) groups excluding carboxylic acids is 2. The maximum atomic E-state index is 12.3. The molecular formula is C21H23N3O5. The highest BCUT2D eigenvalue weighted by molar-refractivity contribution is 5.99. The molecule has 0 bridgehead atoms. The third-order valence-electron chi connectivity index (χ3n) is 4.27. The standard InChI is InChI=1S/C21H23N3O5/c1-14(15-8-10-16(11-9-15)27-13-20(25)24(2)3)22-23-21(26)19-12-28-17-6-4-5-7-18(17)29-19/h4-11,19H,12-13H2,1-3H3,(H,23,26)/b22-14+. The summed E-state index contributed by atoms with van der Waals surface area (Å²) in [5, 5.41) is 4.13. The number of rotatable bonds is 6. The van der Waals surface area contributed by atoms with E-state index in [4.69, 9.17) is 14.2 Å². The first kappa shape index (κ1) is 20.2. The summed E-state index contributed by atoms with van der Waals surface area (Å²) in [6.07, 6.45) is -0.772. The number of ether oxygens (including phenoxy) is 3. The van der Waals surface area contributed by atoms with Gasteiger partial charge in [0.05, 0.1) is 5.71 Å². The molecule has 1 unspecified atom stereocenters. The maximum Gasteiger partial charge on any atom is 0.284 e. The van der Waals surface area contributed by atoms with E-state index in [-0.39, 0.29) is 25.0 Å². The molecule has 152 valence electrons. The van der Waals surface area contributed by atoms with E-state index in [1.165, 1.54) is 4.90 Å². The van der Waals surface area contributed by atoms with Crippen LogP contribution in [0.1, 0.15) is 12.5 Å². The number of amides is 2. The van der Waals surface area contributed by atoms with Gasteiger partial charge in [0.1, 0.15) is 12.4 Å². The lowest BCUT2D eigenvalue weighted by Gasteiger charge is -2.24. The molecule has 0 saturated heterocycles. The van der Waals surface area contributed by atoms with Crippen LogP contribution in [0.4, 0.5) is 0 Å². The lowest BCUT2D eigenvalue weighted by molar-refractivity contribution is -0.131. The fourth-order valence-corrected chi connectivity index (χ4v) is 2.49. The maximum absolute atomic E-state index is 12.3. The molecule has 2 aromatic rings. The third kappa shape index (κ3) is 5.25. The van der Waals surface area contributed by atoms with Gasteiger partial charge in [0.25, 0.3) is 11.8 Å². The van der Waals surface area contributed by atoms with Crippen LogP contribution in [-0.4, -0.2) is 55.8 Å². The molecule has 0 spiro atoms. The molecule has 0 aliphatic carbocycles. The summed E-state index contributed by atoms with van der Waals surface area (Å²) in [5.74, 6) is 1.22. The van der Waals surface area contributed by atoms with E-state index in [1.54, 1.807) is 57.4 Å². The van der Waals surface area contributed by atoms with Gasteiger partial charge in [0.2, 0.25) is 6.10 Å². The molecule has 0 fully saturated rings. The van der Waals surface area contributed by atoms with Crippen LogP contribution in [0.15, 0.2) is 53.6 Å². The molecule has 29 heavy (non-hydrogen) atoms. The Hall–Kier alpha value is -3.55. The van der Waals surface area contributed by atoms with E-state index in [2.05, 4.69) is 10.5 Å². The molecule has 0 saturated carbocycles. The number of hydrazone groups is 1. The van der Waals surface area contributed by atoms with Gasteiger partial charge in [0.15, 0.2) is 18.1 Å². The van der Waals surface area contributed by atoms with Gasteiger partial charge in [0, 0.05) is 14.1 Å². The van der Waals surface area contributed by atoms with Crippen molar-refractivity contribution in [2.45, 2.75) is 13.0 Å². The minimum atomic E-state index is -0.772. The van der Waals surface area contributed by atoms with Crippen LogP contribution in [0.25, 0.3) is 0 Å². The normalized spacial score (nSPS) is 15.4. The Kier molecular flexibility index (Phi) is 6.33. The molecule has 1 heterocycles. The number of likely N-dealkylation sites (N-methyl/N-ethyl adjacent to an activating group) is 1. The summed E-state index contributed by atoms with van der Waals surface area (Å²) in [6, 6.07) is 14.3. The van der Waals surface area contributed by atoms with E-state index >= 15 is 0 Å². The Morgan fingerprint density at radius 2 is 1.83 bits per heavy atom. The summed E-state index contributed by atoms with van der Waals surface area (Å²) in [7, 11) is 3.35. The lowest BCUT2D eigenvalue weighted by Crippen LogP contribution is -2.42. The first-order valence-electron chi connectivity index (χ1n) is 9.10. The molecule has 2 amide bonds. The zero-order chi connectivity index (χ0) is 20.8. The van der Waals surface area contributed by atoms with Gasteiger partial charge < -0.3 is 19.1 Å². The van der Waals surface area contributed by atoms with Gasteiger partial charge in [-0.05, 0) is 48.9 Å². The zero-order valence-electron chi connectivity index (χ0n) is 16.5. The predicted octanol–water partition coefficient (Wildman–Crippen LogP) is 1.83. The number of nitrogens with zero attached hydrogens (tertiary/aromatic N) is 2. The number of nitrogens with one attached hydrogen (secondary N) is 1. The molecule has 2 aromatic carbocycles. The Balaban J connectivity index is 1.54. The second kappa shape index (κ2) is 9.09. The van der Waals surface area contributed by atoms with Crippen molar-refractivity contribution >= 4 is 17.5 Å². The second-order valence-corrected chi connectivity index (χ2v) is 6.64. The van der Waals surface area contributed by atoms with E-state index in [0.717, 1.165) is 5.56 Å². The van der Waals surface area contributed by atoms with E-state index in [9.17, 15) is 9.59 Å². The first-order valence-corrected chi connectivity index (χ1v) is 9.10. The van der Waals surface area contributed by atoms with Crippen molar-refractivity contribution in [1.82, 2.24) is 10.3 Å². The summed E-state index contributed by atoms with van der Waals surface area (Å²) in [5.41, 5.74) is 3.94. The molecular weight excluding hydrogens is 374 g/mol. The van der Waals surface area contributed by atoms with Gasteiger partial charge in [-0.15, -0.1) is 0 Å². The molecule has 1 aliphatic rings. The quantitative estimate of drug-likeness (QED) is 0.593.